The third-order valence-electron chi connectivity index (χ3n) is 2.70. The van der Waals surface area contributed by atoms with Crippen LogP contribution in [-0.2, 0) is 9.84 Å². The molecular formula is C9H12BrNO3S. The van der Waals surface area contributed by atoms with Crippen LogP contribution in [0.5, 0.6) is 0 Å². The number of furan rings is 1. The zero-order valence-corrected chi connectivity index (χ0v) is 10.4. The molecule has 1 aliphatic rings. The number of hydrogen-bond donors (Lipinski definition) is 1. The topological polar surface area (TPSA) is 73.3 Å². The van der Waals surface area contributed by atoms with Crippen LogP contribution >= 0.6 is 15.9 Å². The van der Waals surface area contributed by atoms with Gasteiger partial charge in [-0.05, 0) is 40.4 Å². The summed E-state index contributed by atoms with van der Waals surface area (Å²) in [5.41, 5.74) is 5.96. The number of hydrogen-bond acceptors (Lipinski definition) is 4. The van der Waals surface area contributed by atoms with E-state index in [4.69, 9.17) is 10.2 Å². The van der Waals surface area contributed by atoms with Crippen molar-refractivity contribution in [3.8, 4) is 0 Å². The van der Waals surface area contributed by atoms with Crippen molar-refractivity contribution < 1.29 is 12.8 Å². The third kappa shape index (κ3) is 2.43. The lowest BCUT2D eigenvalue weighted by Crippen LogP contribution is -2.21. The Morgan fingerprint density at radius 2 is 2.27 bits per heavy atom. The smallest absolute Gasteiger partial charge is 0.169 e. The second-order valence-electron chi connectivity index (χ2n) is 3.83. The van der Waals surface area contributed by atoms with Gasteiger partial charge >= 0.3 is 0 Å². The summed E-state index contributed by atoms with van der Waals surface area (Å²) in [6.45, 7) is 0. The molecule has 2 atom stereocenters. The molecule has 4 nitrogen and oxygen atoms in total. The first-order valence-electron chi connectivity index (χ1n) is 4.69. The molecule has 0 bridgehead atoms. The van der Waals surface area contributed by atoms with Gasteiger partial charge in [-0.2, -0.15) is 0 Å². The van der Waals surface area contributed by atoms with Crippen LogP contribution in [0.25, 0.3) is 0 Å². The normalized spacial score (nSPS) is 26.7. The molecule has 0 aromatic carbocycles. The monoisotopic (exact) mass is 293 g/mol. The van der Waals surface area contributed by atoms with Crippen molar-refractivity contribution in [2.45, 2.75) is 12.5 Å². The van der Waals surface area contributed by atoms with Crippen molar-refractivity contribution in [2.24, 2.45) is 11.7 Å². The minimum Gasteiger partial charge on any atom is -0.453 e. The number of rotatable bonds is 2. The molecule has 0 saturated carbocycles. The maximum atomic E-state index is 11.3. The van der Waals surface area contributed by atoms with Crippen LogP contribution in [0.4, 0.5) is 0 Å². The SMILES string of the molecule is NC(c1ccc(Br)o1)C1CCS(=O)(=O)C1. The van der Waals surface area contributed by atoms with Gasteiger partial charge in [0, 0.05) is 0 Å². The molecule has 0 spiro atoms. The van der Waals surface area contributed by atoms with Gasteiger partial charge in [-0.25, -0.2) is 8.42 Å². The maximum Gasteiger partial charge on any atom is 0.169 e. The lowest BCUT2D eigenvalue weighted by molar-refractivity contribution is 0.380. The van der Waals surface area contributed by atoms with Gasteiger partial charge in [0.1, 0.15) is 5.76 Å². The summed E-state index contributed by atoms with van der Waals surface area (Å²) in [5, 5.41) is 0. The van der Waals surface area contributed by atoms with Crippen molar-refractivity contribution in [3.05, 3.63) is 22.6 Å². The molecule has 2 rings (SSSR count). The molecule has 15 heavy (non-hydrogen) atoms. The highest BCUT2D eigenvalue weighted by atomic mass is 79.9. The lowest BCUT2D eigenvalue weighted by Gasteiger charge is -2.14. The Balaban J connectivity index is 2.13. The number of nitrogens with two attached hydrogens (primary N) is 1. The first-order valence-corrected chi connectivity index (χ1v) is 7.30. The fraction of sp³-hybridized carbons (Fsp3) is 0.556. The van der Waals surface area contributed by atoms with Crippen LogP contribution in [0.2, 0.25) is 0 Å². The van der Waals surface area contributed by atoms with Gasteiger partial charge in [-0.1, -0.05) is 0 Å². The van der Waals surface area contributed by atoms with Gasteiger partial charge in [0.25, 0.3) is 0 Å². The average Bonchev–Trinajstić information content (AvgIpc) is 2.71. The van der Waals surface area contributed by atoms with Crippen molar-refractivity contribution in [3.63, 3.8) is 0 Å². The first-order chi connectivity index (χ1) is 6.98. The molecule has 2 heterocycles. The Labute approximate surface area is 96.9 Å². The number of sulfone groups is 1. The van der Waals surface area contributed by atoms with E-state index < -0.39 is 9.84 Å². The van der Waals surface area contributed by atoms with E-state index in [1.807, 2.05) is 0 Å². The Morgan fingerprint density at radius 3 is 2.73 bits per heavy atom. The Bertz CT molecular complexity index is 454. The lowest BCUT2D eigenvalue weighted by atomic mass is 9.98. The van der Waals surface area contributed by atoms with Gasteiger partial charge in [0.2, 0.25) is 0 Å². The molecule has 0 amide bonds. The van der Waals surface area contributed by atoms with Crippen molar-refractivity contribution in [1.82, 2.24) is 0 Å². The fourth-order valence-electron chi connectivity index (χ4n) is 1.85. The van der Waals surface area contributed by atoms with Crippen LogP contribution in [-0.4, -0.2) is 19.9 Å². The summed E-state index contributed by atoms with van der Waals surface area (Å²) in [4.78, 5) is 0. The van der Waals surface area contributed by atoms with E-state index in [1.54, 1.807) is 12.1 Å². The van der Waals surface area contributed by atoms with Crippen LogP contribution in [0, 0.1) is 5.92 Å². The molecule has 84 valence electrons. The van der Waals surface area contributed by atoms with Crippen molar-refractivity contribution >= 4 is 25.8 Å². The molecule has 2 unspecified atom stereocenters. The van der Waals surface area contributed by atoms with E-state index >= 15 is 0 Å². The Hall–Kier alpha value is -0.330. The highest BCUT2D eigenvalue weighted by Crippen LogP contribution is 2.31. The van der Waals surface area contributed by atoms with Gasteiger partial charge in [0.05, 0.1) is 17.5 Å². The second-order valence-corrected chi connectivity index (χ2v) is 6.84. The standard InChI is InChI=1S/C9H12BrNO3S/c10-8-2-1-7(14-8)9(11)6-3-4-15(12,13)5-6/h1-2,6,9H,3-5,11H2. The van der Waals surface area contributed by atoms with Gasteiger partial charge in [-0.3, -0.25) is 0 Å². The summed E-state index contributed by atoms with van der Waals surface area (Å²) in [7, 11) is -2.88. The average molecular weight is 294 g/mol. The molecule has 1 aromatic heterocycles. The van der Waals surface area contributed by atoms with Crippen molar-refractivity contribution in [1.29, 1.82) is 0 Å². The van der Waals surface area contributed by atoms with Gasteiger partial charge in [-0.15, -0.1) is 0 Å². The van der Waals surface area contributed by atoms with Crippen LogP contribution in [0.3, 0.4) is 0 Å². The van der Waals surface area contributed by atoms with E-state index in [1.165, 1.54) is 0 Å². The van der Waals surface area contributed by atoms with E-state index in [9.17, 15) is 8.42 Å². The first kappa shape index (κ1) is 11.2. The van der Waals surface area contributed by atoms with Crippen LogP contribution < -0.4 is 5.73 Å². The Morgan fingerprint density at radius 1 is 1.53 bits per heavy atom. The molecule has 6 heteroatoms. The third-order valence-corrected chi connectivity index (χ3v) is 4.92. The minimum absolute atomic E-state index is 0.0203. The molecule has 1 saturated heterocycles. The summed E-state index contributed by atoms with van der Waals surface area (Å²) in [5.74, 6) is 1.04. The van der Waals surface area contributed by atoms with E-state index in [0.717, 1.165) is 0 Å². The summed E-state index contributed by atoms with van der Waals surface area (Å²) in [6.07, 6.45) is 0.627. The highest BCUT2D eigenvalue weighted by Gasteiger charge is 2.33. The van der Waals surface area contributed by atoms with E-state index in [-0.39, 0.29) is 23.5 Å². The maximum absolute atomic E-state index is 11.3. The quantitative estimate of drug-likeness (QED) is 0.896. The molecule has 1 aromatic rings. The minimum atomic E-state index is -2.88. The predicted molar refractivity (Wildman–Crippen MR) is 60.1 cm³/mol. The van der Waals surface area contributed by atoms with E-state index in [2.05, 4.69) is 15.9 Å². The molecular weight excluding hydrogens is 282 g/mol. The largest absolute Gasteiger partial charge is 0.453 e. The fourth-order valence-corrected chi connectivity index (χ4v) is 4.02. The zero-order valence-electron chi connectivity index (χ0n) is 8.02. The van der Waals surface area contributed by atoms with Gasteiger partial charge < -0.3 is 10.2 Å². The number of halogens is 1. The molecule has 2 N–H and O–H groups in total. The molecule has 1 fully saturated rings. The predicted octanol–water partition coefficient (Wildman–Crippen LogP) is 1.48. The summed E-state index contributed by atoms with van der Waals surface area (Å²) < 4.78 is 28.5. The van der Waals surface area contributed by atoms with Gasteiger partial charge in [0.15, 0.2) is 14.5 Å². The summed E-state index contributed by atoms with van der Waals surface area (Å²) >= 11 is 3.19. The molecule has 1 aliphatic heterocycles. The molecule has 0 radical (unpaired) electrons. The van der Waals surface area contributed by atoms with Crippen LogP contribution in [0.1, 0.15) is 18.2 Å². The van der Waals surface area contributed by atoms with Crippen LogP contribution in [0.15, 0.2) is 21.2 Å². The zero-order chi connectivity index (χ0) is 11.1. The van der Waals surface area contributed by atoms with Crippen molar-refractivity contribution in [2.75, 3.05) is 11.5 Å². The molecule has 0 aliphatic carbocycles. The van der Waals surface area contributed by atoms with E-state index in [0.29, 0.717) is 16.9 Å². The highest BCUT2D eigenvalue weighted by molar-refractivity contribution is 9.10. The second kappa shape index (κ2) is 3.92. The Kier molecular flexibility index (Phi) is 2.92. The summed E-state index contributed by atoms with van der Waals surface area (Å²) in [6, 6.07) is 3.21.